The molecule has 0 saturated heterocycles. The van der Waals surface area contributed by atoms with Crippen LogP contribution in [0.5, 0.6) is 5.75 Å². The number of pyridine rings is 1. The number of aromatic nitrogens is 1. The standard InChI is InChI=1S/C22H21NO4/c1-2-27-20(26)12-11-18(24)22-19(25)14-17-10-6-9-16(21(17)23-22)13-15-7-4-3-5-8-15/h3-10,14,25H,2,11-13H2,1H3. The molecule has 2 aromatic carbocycles. The van der Waals surface area contributed by atoms with E-state index in [1.54, 1.807) is 13.0 Å². The summed E-state index contributed by atoms with van der Waals surface area (Å²) in [5.74, 6) is -0.985. The second-order valence-corrected chi connectivity index (χ2v) is 6.24. The number of benzene rings is 2. The summed E-state index contributed by atoms with van der Waals surface area (Å²) in [7, 11) is 0. The minimum atomic E-state index is -0.434. The first-order valence-electron chi connectivity index (χ1n) is 8.93. The van der Waals surface area contributed by atoms with Crippen LogP contribution >= 0.6 is 0 Å². The lowest BCUT2D eigenvalue weighted by atomic mass is 10.0. The monoisotopic (exact) mass is 363 g/mol. The minimum Gasteiger partial charge on any atom is -0.506 e. The molecule has 1 heterocycles. The van der Waals surface area contributed by atoms with Crippen LogP contribution < -0.4 is 0 Å². The van der Waals surface area contributed by atoms with Gasteiger partial charge in [-0.1, -0.05) is 48.5 Å². The van der Waals surface area contributed by atoms with Gasteiger partial charge in [-0.05, 0) is 30.5 Å². The lowest BCUT2D eigenvalue weighted by Gasteiger charge is -2.10. The van der Waals surface area contributed by atoms with E-state index in [0.717, 1.165) is 16.5 Å². The number of para-hydroxylation sites is 1. The molecule has 3 rings (SSSR count). The van der Waals surface area contributed by atoms with Crippen molar-refractivity contribution in [2.45, 2.75) is 26.2 Å². The van der Waals surface area contributed by atoms with Gasteiger partial charge in [0, 0.05) is 11.8 Å². The number of hydrogen-bond acceptors (Lipinski definition) is 5. The van der Waals surface area contributed by atoms with Gasteiger partial charge in [0.25, 0.3) is 0 Å². The molecule has 3 aromatic rings. The van der Waals surface area contributed by atoms with Crippen LogP contribution in [0.15, 0.2) is 54.6 Å². The molecule has 5 heteroatoms. The molecule has 0 radical (unpaired) electrons. The van der Waals surface area contributed by atoms with Crippen molar-refractivity contribution in [2.75, 3.05) is 6.61 Å². The lowest BCUT2D eigenvalue weighted by Crippen LogP contribution is -2.09. The van der Waals surface area contributed by atoms with Gasteiger partial charge in [-0.2, -0.15) is 0 Å². The predicted octanol–water partition coefficient (Wildman–Crippen LogP) is 4.06. The number of Topliss-reactive ketones (excluding diaryl/α,β-unsaturated/α-hetero) is 1. The normalized spacial score (nSPS) is 10.7. The molecule has 0 aliphatic heterocycles. The van der Waals surface area contributed by atoms with Crippen LogP contribution in [0.4, 0.5) is 0 Å². The number of carbonyl (C=O) groups is 2. The third kappa shape index (κ3) is 4.50. The van der Waals surface area contributed by atoms with Crippen molar-refractivity contribution in [3.63, 3.8) is 0 Å². The van der Waals surface area contributed by atoms with E-state index in [4.69, 9.17) is 4.74 Å². The Hall–Kier alpha value is -3.21. The van der Waals surface area contributed by atoms with Crippen LogP contribution in [-0.4, -0.2) is 28.4 Å². The Balaban J connectivity index is 1.90. The van der Waals surface area contributed by atoms with Crippen molar-refractivity contribution in [1.82, 2.24) is 4.98 Å². The third-order valence-electron chi connectivity index (χ3n) is 4.27. The fourth-order valence-corrected chi connectivity index (χ4v) is 2.98. The van der Waals surface area contributed by atoms with E-state index < -0.39 is 5.97 Å². The highest BCUT2D eigenvalue weighted by atomic mass is 16.5. The number of ether oxygens (including phenoxy) is 1. The lowest BCUT2D eigenvalue weighted by molar-refractivity contribution is -0.143. The number of ketones is 1. The average molecular weight is 363 g/mol. The zero-order valence-electron chi connectivity index (χ0n) is 15.1. The maximum absolute atomic E-state index is 12.5. The quantitative estimate of drug-likeness (QED) is 0.506. The summed E-state index contributed by atoms with van der Waals surface area (Å²) in [6.45, 7) is 1.99. The Bertz CT molecular complexity index is 967. The highest BCUT2D eigenvalue weighted by Crippen LogP contribution is 2.27. The maximum atomic E-state index is 12.5. The molecule has 0 amide bonds. The Morgan fingerprint density at radius 2 is 1.81 bits per heavy atom. The number of nitrogens with zero attached hydrogens (tertiary/aromatic N) is 1. The zero-order chi connectivity index (χ0) is 19.2. The van der Waals surface area contributed by atoms with Gasteiger partial charge in [-0.25, -0.2) is 4.98 Å². The second kappa shape index (κ2) is 8.45. The molecule has 0 aliphatic rings. The van der Waals surface area contributed by atoms with Gasteiger partial charge < -0.3 is 9.84 Å². The van der Waals surface area contributed by atoms with Crippen LogP contribution in [0.25, 0.3) is 10.9 Å². The van der Waals surface area contributed by atoms with Gasteiger partial charge >= 0.3 is 5.97 Å². The van der Waals surface area contributed by atoms with Crippen LogP contribution in [0, 0.1) is 0 Å². The summed E-state index contributed by atoms with van der Waals surface area (Å²) in [4.78, 5) is 28.4. The molecule has 0 fully saturated rings. The van der Waals surface area contributed by atoms with Crippen LogP contribution in [0.1, 0.15) is 41.4 Å². The Morgan fingerprint density at radius 1 is 1.04 bits per heavy atom. The average Bonchev–Trinajstić information content (AvgIpc) is 2.67. The molecule has 0 aliphatic carbocycles. The van der Waals surface area contributed by atoms with Gasteiger partial charge in [0.05, 0.1) is 18.5 Å². The van der Waals surface area contributed by atoms with Crippen molar-refractivity contribution < 1.29 is 19.4 Å². The Labute approximate surface area is 157 Å². The molecular weight excluding hydrogens is 342 g/mol. The molecule has 0 spiro atoms. The molecular formula is C22H21NO4. The first-order chi connectivity index (χ1) is 13.1. The summed E-state index contributed by atoms with van der Waals surface area (Å²) >= 11 is 0. The summed E-state index contributed by atoms with van der Waals surface area (Å²) < 4.78 is 4.84. The van der Waals surface area contributed by atoms with Crippen molar-refractivity contribution >= 4 is 22.7 Å². The van der Waals surface area contributed by atoms with Crippen molar-refractivity contribution in [3.05, 3.63) is 71.4 Å². The van der Waals surface area contributed by atoms with Gasteiger partial charge in [-0.3, -0.25) is 9.59 Å². The van der Waals surface area contributed by atoms with Crippen molar-refractivity contribution in [1.29, 1.82) is 0 Å². The fraction of sp³-hybridized carbons (Fsp3) is 0.227. The van der Waals surface area contributed by atoms with E-state index in [1.165, 1.54) is 0 Å². The molecule has 27 heavy (non-hydrogen) atoms. The summed E-state index contributed by atoms with van der Waals surface area (Å²) in [6.07, 6.45) is 0.593. The first-order valence-corrected chi connectivity index (χ1v) is 8.93. The van der Waals surface area contributed by atoms with Gasteiger partial charge in [0.1, 0.15) is 11.4 Å². The SMILES string of the molecule is CCOC(=O)CCC(=O)c1nc2c(Cc3ccccc3)cccc2cc1O. The summed E-state index contributed by atoms with van der Waals surface area (Å²) in [5, 5.41) is 11.0. The largest absolute Gasteiger partial charge is 0.506 e. The minimum absolute atomic E-state index is 0.00712. The Kier molecular flexibility index (Phi) is 5.81. The van der Waals surface area contributed by atoms with E-state index in [1.807, 2.05) is 48.5 Å². The number of esters is 1. The highest BCUT2D eigenvalue weighted by Gasteiger charge is 2.17. The number of fused-ring (bicyclic) bond motifs is 1. The van der Waals surface area contributed by atoms with E-state index in [-0.39, 0.29) is 36.7 Å². The van der Waals surface area contributed by atoms with E-state index in [0.29, 0.717) is 11.9 Å². The molecule has 0 unspecified atom stereocenters. The predicted molar refractivity (Wildman–Crippen MR) is 103 cm³/mol. The molecule has 0 saturated carbocycles. The smallest absolute Gasteiger partial charge is 0.306 e. The van der Waals surface area contributed by atoms with Gasteiger partial charge in [0.2, 0.25) is 0 Å². The summed E-state index contributed by atoms with van der Waals surface area (Å²) in [6, 6.07) is 17.3. The molecule has 5 nitrogen and oxygen atoms in total. The van der Waals surface area contributed by atoms with E-state index in [2.05, 4.69) is 4.98 Å². The van der Waals surface area contributed by atoms with Gasteiger partial charge in [-0.15, -0.1) is 0 Å². The number of hydrogen-bond donors (Lipinski definition) is 1. The van der Waals surface area contributed by atoms with E-state index in [9.17, 15) is 14.7 Å². The molecule has 0 atom stereocenters. The van der Waals surface area contributed by atoms with Gasteiger partial charge in [0.15, 0.2) is 5.78 Å². The highest BCUT2D eigenvalue weighted by molar-refractivity contribution is 6.00. The van der Waals surface area contributed by atoms with Crippen LogP contribution in [0.3, 0.4) is 0 Å². The fourth-order valence-electron chi connectivity index (χ4n) is 2.98. The zero-order valence-corrected chi connectivity index (χ0v) is 15.1. The van der Waals surface area contributed by atoms with E-state index >= 15 is 0 Å². The van der Waals surface area contributed by atoms with Crippen molar-refractivity contribution in [2.24, 2.45) is 0 Å². The first kappa shape index (κ1) is 18.6. The second-order valence-electron chi connectivity index (χ2n) is 6.24. The van der Waals surface area contributed by atoms with Crippen LogP contribution in [0.2, 0.25) is 0 Å². The maximum Gasteiger partial charge on any atom is 0.306 e. The molecule has 1 aromatic heterocycles. The molecule has 0 bridgehead atoms. The molecule has 1 N–H and O–H groups in total. The van der Waals surface area contributed by atoms with Crippen molar-refractivity contribution in [3.8, 4) is 5.75 Å². The number of carbonyl (C=O) groups excluding carboxylic acids is 2. The van der Waals surface area contributed by atoms with Crippen LogP contribution in [-0.2, 0) is 16.0 Å². The Morgan fingerprint density at radius 3 is 2.56 bits per heavy atom. The topological polar surface area (TPSA) is 76.5 Å². The summed E-state index contributed by atoms with van der Waals surface area (Å²) in [5.41, 5.74) is 2.78. The number of rotatable bonds is 7. The number of aromatic hydroxyl groups is 1. The molecule has 138 valence electrons. The third-order valence-corrected chi connectivity index (χ3v) is 4.27.